The molecule has 0 aromatic heterocycles. The average molecular weight is 296 g/mol. The van der Waals surface area contributed by atoms with Crippen LogP contribution in [0.3, 0.4) is 0 Å². The fourth-order valence-corrected chi connectivity index (χ4v) is 2.51. The second kappa shape index (κ2) is 16.3. The summed E-state index contributed by atoms with van der Waals surface area (Å²) in [4.78, 5) is 17.1. The van der Waals surface area contributed by atoms with E-state index in [9.17, 15) is 4.57 Å². The first-order valence-electron chi connectivity index (χ1n) is 4.61. The van der Waals surface area contributed by atoms with Crippen molar-refractivity contribution in [2.75, 3.05) is 32.4 Å². The third-order valence-electron chi connectivity index (χ3n) is 1.54. The van der Waals surface area contributed by atoms with Crippen LogP contribution in [0.2, 0.25) is 0 Å². The zero-order valence-corrected chi connectivity index (χ0v) is 11.6. The van der Waals surface area contributed by atoms with E-state index in [0.717, 1.165) is 32.5 Å². The van der Waals surface area contributed by atoms with E-state index in [4.69, 9.17) is 9.79 Å². The minimum atomic E-state index is -3.85. The van der Waals surface area contributed by atoms with Crippen molar-refractivity contribution >= 4 is 18.2 Å². The summed E-state index contributed by atoms with van der Waals surface area (Å²) in [6.07, 6.45) is 1.86. The molecule has 8 nitrogen and oxygen atoms in total. The van der Waals surface area contributed by atoms with E-state index in [-0.39, 0.29) is 16.4 Å². The van der Waals surface area contributed by atoms with Crippen LogP contribution >= 0.6 is 18.2 Å². The zero-order valence-electron chi connectivity index (χ0n) is 9.90. The van der Waals surface area contributed by atoms with Crippen LogP contribution in [-0.4, -0.2) is 58.7 Å². The maximum Gasteiger partial charge on any atom is 0.383 e. The molecule has 0 amide bonds. The Hall–Kier alpha value is 0.300. The van der Waals surface area contributed by atoms with Gasteiger partial charge in [0.2, 0.25) is 0 Å². The molecule has 0 atom stereocenters. The van der Waals surface area contributed by atoms with Gasteiger partial charge in [0, 0.05) is 5.75 Å². The van der Waals surface area contributed by atoms with Crippen molar-refractivity contribution in [3.63, 3.8) is 0 Å². The van der Waals surface area contributed by atoms with Gasteiger partial charge in [-0.1, -0.05) is 0 Å². The summed E-state index contributed by atoms with van der Waals surface area (Å²) in [5, 5.41) is 6.24. The number of hydrogen-bond donors (Lipinski definition) is 4. The molecule has 17 heavy (non-hydrogen) atoms. The molecule has 0 spiro atoms. The van der Waals surface area contributed by atoms with Crippen LogP contribution in [0.5, 0.6) is 0 Å². The maximum atomic E-state index is 10.4. The minimum Gasteiger partial charge on any atom is -0.412 e. The molecule has 110 valence electrons. The van der Waals surface area contributed by atoms with Gasteiger partial charge in [-0.3, -0.25) is 0 Å². The van der Waals surface area contributed by atoms with Crippen molar-refractivity contribution < 1.29 is 30.8 Å². The number of hydrogen-bond acceptors (Lipinski definition) is 4. The van der Waals surface area contributed by atoms with Crippen molar-refractivity contribution in [3.8, 4) is 0 Å². The first-order valence-corrected chi connectivity index (χ1v) is 7.82. The summed E-state index contributed by atoms with van der Waals surface area (Å²) >= 11 is 0.716. The highest BCUT2D eigenvalue weighted by molar-refractivity contribution is 8.54. The van der Waals surface area contributed by atoms with Gasteiger partial charge in [0.25, 0.3) is 0 Å². The van der Waals surface area contributed by atoms with Gasteiger partial charge in [0.05, 0.1) is 0 Å². The lowest BCUT2D eigenvalue weighted by Gasteiger charge is -2.05. The van der Waals surface area contributed by atoms with Crippen molar-refractivity contribution in [3.05, 3.63) is 0 Å². The standard InChI is InChI=1S/C7H19N2O3PS.3H2O/c1-8-4-2-5-9-6-3-7-14-13(10,11)12;;;/h8-9H,2-7H2,1H3,(H2,10,11,12);3*1H2. The summed E-state index contributed by atoms with van der Waals surface area (Å²) in [7, 11) is 1.91. The quantitative estimate of drug-likeness (QED) is 0.280. The highest BCUT2D eigenvalue weighted by Gasteiger charge is 2.11. The van der Waals surface area contributed by atoms with E-state index in [1.807, 2.05) is 7.05 Å². The maximum absolute atomic E-state index is 10.4. The van der Waals surface area contributed by atoms with Crippen LogP contribution in [0, 0.1) is 0 Å². The monoisotopic (exact) mass is 296 g/mol. The fraction of sp³-hybridized carbons (Fsp3) is 1.00. The Bertz CT molecular complexity index is 182. The largest absolute Gasteiger partial charge is 0.412 e. The number of nitrogens with one attached hydrogen (secondary N) is 2. The molecule has 10 N–H and O–H groups in total. The van der Waals surface area contributed by atoms with E-state index in [1.165, 1.54) is 0 Å². The normalized spacial score (nSPS) is 9.82. The Kier molecular flexibility index (Phi) is 24.9. The van der Waals surface area contributed by atoms with Gasteiger partial charge < -0.3 is 36.8 Å². The molecule has 0 saturated carbocycles. The second-order valence-electron chi connectivity index (χ2n) is 2.88. The third-order valence-corrected chi connectivity index (χ3v) is 3.90. The van der Waals surface area contributed by atoms with Crippen LogP contribution in [0.25, 0.3) is 0 Å². The molecule has 0 radical (unpaired) electrons. The molecular formula is C7H25N2O6PS. The predicted octanol–water partition coefficient (Wildman–Crippen LogP) is -2.07. The smallest absolute Gasteiger partial charge is 0.383 e. The van der Waals surface area contributed by atoms with E-state index in [2.05, 4.69) is 10.6 Å². The Morgan fingerprint density at radius 2 is 1.59 bits per heavy atom. The van der Waals surface area contributed by atoms with E-state index in [0.29, 0.717) is 17.1 Å². The van der Waals surface area contributed by atoms with Crippen molar-refractivity contribution in [2.24, 2.45) is 0 Å². The average Bonchev–Trinajstić information content (AvgIpc) is 2.08. The Morgan fingerprint density at radius 1 is 1.06 bits per heavy atom. The fourth-order valence-electron chi connectivity index (χ4n) is 0.896. The van der Waals surface area contributed by atoms with Crippen molar-refractivity contribution in [2.45, 2.75) is 12.8 Å². The lowest BCUT2D eigenvalue weighted by molar-refractivity contribution is 0.397. The van der Waals surface area contributed by atoms with Crippen molar-refractivity contribution in [1.82, 2.24) is 10.6 Å². The second-order valence-corrected chi connectivity index (χ2v) is 6.73. The van der Waals surface area contributed by atoms with Gasteiger partial charge in [-0.15, -0.1) is 0 Å². The van der Waals surface area contributed by atoms with Crippen LogP contribution in [0.4, 0.5) is 0 Å². The highest BCUT2D eigenvalue weighted by atomic mass is 32.7. The predicted molar refractivity (Wildman–Crippen MR) is 71.4 cm³/mol. The van der Waals surface area contributed by atoms with Crippen molar-refractivity contribution in [1.29, 1.82) is 0 Å². The molecular weight excluding hydrogens is 271 g/mol. The molecule has 0 aliphatic heterocycles. The van der Waals surface area contributed by atoms with Crippen LogP contribution in [-0.2, 0) is 4.57 Å². The molecule has 0 heterocycles. The molecule has 0 bridgehead atoms. The van der Waals surface area contributed by atoms with Crippen LogP contribution in [0.15, 0.2) is 0 Å². The molecule has 0 aromatic carbocycles. The first kappa shape index (κ1) is 26.0. The van der Waals surface area contributed by atoms with E-state index >= 15 is 0 Å². The molecule has 0 aromatic rings. The Morgan fingerprint density at radius 3 is 2.06 bits per heavy atom. The molecule has 0 saturated heterocycles. The molecule has 10 heteroatoms. The van der Waals surface area contributed by atoms with Gasteiger partial charge in [0.1, 0.15) is 0 Å². The lowest BCUT2D eigenvalue weighted by atomic mass is 10.4. The summed E-state index contributed by atoms with van der Waals surface area (Å²) in [5.41, 5.74) is 0. The van der Waals surface area contributed by atoms with Crippen LogP contribution in [0.1, 0.15) is 12.8 Å². The van der Waals surface area contributed by atoms with Gasteiger partial charge in [-0.2, -0.15) is 0 Å². The first-order chi connectivity index (χ1) is 6.56. The summed E-state index contributed by atoms with van der Waals surface area (Å²) in [6.45, 7) is -1.10. The Labute approximate surface area is 105 Å². The molecule has 0 rings (SSSR count). The topological polar surface area (TPSA) is 176 Å². The van der Waals surface area contributed by atoms with Gasteiger partial charge in [-0.25, -0.2) is 4.57 Å². The Balaban J connectivity index is -0.000000282. The van der Waals surface area contributed by atoms with E-state index < -0.39 is 6.80 Å². The third kappa shape index (κ3) is 26.1. The summed E-state index contributed by atoms with van der Waals surface area (Å²) in [5.74, 6) is 0.503. The van der Waals surface area contributed by atoms with E-state index in [1.54, 1.807) is 0 Å². The minimum absolute atomic E-state index is 0. The van der Waals surface area contributed by atoms with Gasteiger partial charge >= 0.3 is 6.80 Å². The molecule has 0 aliphatic carbocycles. The van der Waals surface area contributed by atoms with Crippen LogP contribution < -0.4 is 10.6 Å². The highest BCUT2D eigenvalue weighted by Crippen LogP contribution is 2.50. The SMILES string of the molecule is CNCCCNCCCSP(=O)(O)O.O.O.O. The lowest BCUT2D eigenvalue weighted by Crippen LogP contribution is -2.21. The molecule has 0 unspecified atom stereocenters. The number of rotatable bonds is 9. The summed E-state index contributed by atoms with van der Waals surface area (Å²) in [6, 6.07) is 0. The van der Waals surface area contributed by atoms with Gasteiger partial charge in [0.15, 0.2) is 0 Å². The van der Waals surface area contributed by atoms with Gasteiger partial charge in [-0.05, 0) is 50.9 Å². The summed E-state index contributed by atoms with van der Waals surface area (Å²) < 4.78 is 10.4. The zero-order chi connectivity index (χ0) is 10.9. The molecule has 0 fully saturated rings. The molecule has 0 aliphatic rings.